The Morgan fingerprint density at radius 3 is 2.49 bits per heavy atom. The molecule has 1 aromatic carbocycles. The van der Waals surface area contributed by atoms with Crippen molar-refractivity contribution in [2.75, 3.05) is 20.3 Å². The van der Waals surface area contributed by atoms with Crippen LogP contribution in [0.15, 0.2) is 30.3 Å². The Labute approximate surface area is 209 Å². The summed E-state index contributed by atoms with van der Waals surface area (Å²) in [6, 6.07) is 9.19. The standard InChI is InChI=1S/C26H40N4O4Si/c1-17-14-21(17)28-25(32)23-16-22(24(31)27-6)29-30(23)18(2)19-10-9-11-20(15-19)33-12-13-34-35(7,8)26(3,4)5/h9-11,15-18,21H,12-14H2,1-8H3,(H,27,31)(H,28,32)/t17-,18?,21-/m0/s1. The molecule has 1 aliphatic carbocycles. The van der Waals surface area contributed by atoms with Crippen LogP contribution in [0.5, 0.6) is 5.75 Å². The second-order valence-corrected chi connectivity index (χ2v) is 15.7. The molecule has 1 fully saturated rings. The molecule has 1 unspecified atom stereocenters. The molecule has 0 aliphatic heterocycles. The fraction of sp³-hybridized carbons (Fsp3) is 0.577. The van der Waals surface area contributed by atoms with Gasteiger partial charge in [0.15, 0.2) is 14.0 Å². The van der Waals surface area contributed by atoms with Gasteiger partial charge in [-0.05, 0) is 55.1 Å². The van der Waals surface area contributed by atoms with Crippen molar-refractivity contribution in [1.82, 2.24) is 20.4 Å². The molecule has 0 radical (unpaired) electrons. The fourth-order valence-electron chi connectivity index (χ4n) is 3.54. The number of hydrogen-bond donors (Lipinski definition) is 2. The summed E-state index contributed by atoms with van der Waals surface area (Å²) in [7, 11) is -0.270. The van der Waals surface area contributed by atoms with E-state index in [0.29, 0.717) is 24.8 Å². The molecule has 2 N–H and O–H groups in total. The third-order valence-corrected chi connectivity index (χ3v) is 11.7. The van der Waals surface area contributed by atoms with Crippen LogP contribution in [0.1, 0.15) is 73.6 Å². The van der Waals surface area contributed by atoms with Crippen molar-refractivity contribution < 1.29 is 18.8 Å². The summed E-state index contributed by atoms with van der Waals surface area (Å²) in [5, 5.41) is 10.2. The van der Waals surface area contributed by atoms with Gasteiger partial charge in [0.1, 0.15) is 18.1 Å². The molecule has 1 saturated carbocycles. The number of amides is 2. The number of benzene rings is 1. The number of carbonyl (C=O) groups is 2. The molecule has 8 nitrogen and oxygen atoms in total. The van der Waals surface area contributed by atoms with Crippen LogP contribution in [0.25, 0.3) is 0 Å². The van der Waals surface area contributed by atoms with Crippen LogP contribution in [0, 0.1) is 5.92 Å². The normalized spacial score (nSPS) is 18.6. The first-order valence-corrected chi connectivity index (χ1v) is 15.2. The Kier molecular flexibility index (Phi) is 8.11. The van der Waals surface area contributed by atoms with Crippen LogP contribution in [0.4, 0.5) is 0 Å². The minimum atomic E-state index is -1.82. The predicted octanol–water partition coefficient (Wildman–Crippen LogP) is 4.39. The maximum atomic E-state index is 13.0. The highest BCUT2D eigenvalue weighted by atomic mass is 28.4. The highest BCUT2D eigenvalue weighted by Gasteiger charge is 2.37. The molecular formula is C26H40N4O4Si. The maximum Gasteiger partial charge on any atom is 0.271 e. The van der Waals surface area contributed by atoms with Crippen molar-refractivity contribution >= 4 is 20.1 Å². The third kappa shape index (κ3) is 6.52. The Bertz CT molecular complexity index is 1060. The van der Waals surface area contributed by atoms with Crippen LogP contribution < -0.4 is 15.4 Å². The molecule has 1 aliphatic rings. The third-order valence-electron chi connectivity index (χ3n) is 7.18. The lowest BCUT2D eigenvalue weighted by Gasteiger charge is -2.36. The van der Waals surface area contributed by atoms with E-state index in [9.17, 15) is 9.59 Å². The van der Waals surface area contributed by atoms with Gasteiger partial charge in [0.05, 0.1) is 12.6 Å². The highest BCUT2D eigenvalue weighted by molar-refractivity contribution is 6.74. The van der Waals surface area contributed by atoms with Crippen molar-refractivity contribution in [1.29, 1.82) is 0 Å². The predicted molar refractivity (Wildman–Crippen MR) is 140 cm³/mol. The average Bonchev–Trinajstić information content (AvgIpc) is 3.31. The molecule has 0 spiro atoms. The van der Waals surface area contributed by atoms with Gasteiger partial charge in [-0.2, -0.15) is 5.10 Å². The Morgan fingerprint density at radius 1 is 1.20 bits per heavy atom. The second kappa shape index (κ2) is 10.5. The van der Waals surface area contributed by atoms with Gasteiger partial charge >= 0.3 is 0 Å². The summed E-state index contributed by atoms with van der Waals surface area (Å²) in [5.74, 6) is 0.651. The van der Waals surface area contributed by atoms with Gasteiger partial charge < -0.3 is 19.8 Å². The van der Waals surface area contributed by atoms with Gasteiger partial charge in [-0.15, -0.1) is 0 Å². The number of rotatable bonds is 10. The van der Waals surface area contributed by atoms with Crippen LogP contribution >= 0.6 is 0 Å². The number of nitrogens with one attached hydrogen (secondary N) is 2. The average molecular weight is 501 g/mol. The van der Waals surface area contributed by atoms with Gasteiger partial charge in [-0.1, -0.05) is 39.8 Å². The zero-order valence-electron chi connectivity index (χ0n) is 22.3. The number of aromatic nitrogens is 2. The zero-order chi connectivity index (χ0) is 26.0. The Balaban J connectivity index is 1.73. The van der Waals surface area contributed by atoms with E-state index in [-0.39, 0.29) is 34.6 Å². The molecule has 9 heteroatoms. The smallest absolute Gasteiger partial charge is 0.271 e. The van der Waals surface area contributed by atoms with E-state index in [4.69, 9.17) is 9.16 Å². The van der Waals surface area contributed by atoms with Crippen LogP contribution in [-0.4, -0.2) is 56.2 Å². The van der Waals surface area contributed by atoms with Crippen molar-refractivity contribution in [2.45, 2.75) is 71.3 Å². The number of ether oxygens (including phenoxy) is 1. The molecule has 192 valence electrons. The van der Waals surface area contributed by atoms with E-state index < -0.39 is 8.32 Å². The van der Waals surface area contributed by atoms with E-state index in [1.807, 2.05) is 31.2 Å². The molecule has 0 bridgehead atoms. The van der Waals surface area contributed by atoms with Crippen LogP contribution in [-0.2, 0) is 4.43 Å². The highest BCUT2D eigenvalue weighted by Crippen LogP contribution is 2.36. The van der Waals surface area contributed by atoms with Crippen molar-refractivity contribution in [3.63, 3.8) is 0 Å². The van der Waals surface area contributed by atoms with Crippen molar-refractivity contribution in [2.24, 2.45) is 5.92 Å². The first kappa shape index (κ1) is 26.9. The van der Waals surface area contributed by atoms with E-state index in [1.165, 1.54) is 0 Å². The molecule has 1 aromatic heterocycles. The Hall–Kier alpha value is -2.65. The van der Waals surface area contributed by atoms with E-state index >= 15 is 0 Å². The van der Waals surface area contributed by atoms with Gasteiger partial charge in [-0.25, -0.2) is 0 Å². The van der Waals surface area contributed by atoms with Gasteiger partial charge in [0.2, 0.25) is 0 Å². The first-order valence-electron chi connectivity index (χ1n) is 12.3. The minimum Gasteiger partial charge on any atom is -0.491 e. The van der Waals surface area contributed by atoms with Crippen molar-refractivity contribution in [3.05, 3.63) is 47.3 Å². The molecule has 35 heavy (non-hydrogen) atoms. The lowest BCUT2D eigenvalue weighted by molar-refractivity contribution is 0.0934. The number of hydrogen-bond acceptors (Lipinski definition) is 5. The largest absolute Gasteiger partial charge is 0.491 e. The van der Waals surface area contributed by atoms with Gasteiger partial charge in [0.25, 0.3) is 11.8 Å². The topological polar surface area (TPSA) is 94.5 Å². The molecule has 3 rings (SSSR count). The quantitative estimate of drug-likeness (QED) is 0.373. The molecule has 3 atom stereocenters. The lowest BCUT2D eigenvalue weighted by atomic mass is 10.1. The van der Waals surface area contributed by atoms with Crippen molar-refractivity contribution in [3.8, 4) is 5.75 Å². The fourth-order valence-corrected chi connectivity index (χ4v) is 4.57. The number of nitrogens with zero attached hydrogens (tertiary/aromatic N) is 2. The van der Waals surface area contributed by atoms with Crippen LogP contribution in [0.2, 0.25) is 18.1 Å². The molecule has 2 aromatic rings. The second-order valence-electron chi connectivity index (χ2n) is 10.9. The van der Waals surface area contributed by atoms with E-state index in [1.54, 1.807) is 17.8 Å². The summed E-state index contributed by atoms with van der Waals surface area (Å²) in [5.41, 5.74) is 1.50. The molecule has 2 amide bonds. The monoisotopic (exact) mass is 500 g/mol. The molecule has 1 heterocycles. The van der Waals surface area contributed by atoms with Gasteiger partial charge in [-0.3, -0.25) is 14.3 Å². The maximum absolute atomic E-state index is 13.0. The summed E-state index contributed by atoms with van der Waals surface area (Å²) in [4.78, 5) is 25.2. The summed E-state index contributed by atoms with van der Waals surface area (Å²) in [6.07, 6.45) is 0.969. The summed E-state index contributed by atoms with van der Waals surface area (Å²) in [6.45, 7) is 16.2. The van der Waals surface area contributed by atoms with Crippen LogP contribution in [0.3, 0.4) is 0 Å². The van der Waals surface area contributed by atoms with E-state index in [0.717, 1.165) is 17.7 Å². The summed E-state index contributed by atoms with van der Waals surface area (Å²) < 4.78 is 13.8. The van der Waals surface area contributed by atoms with E-state index in [2.05, 4.69) is 56.5 Å². The Morgan fingerprint density at radius 2 is 1.89 bits per heavy atom. The summed E-state index contributed by atoms with van der Waals surface area (Å²) >= 11 is 0. The first-order chi connectivity index (χ1) is 16.3. The molecule has 0 saturated heterocycles. The lowest BCUT2D eigenvalue weighted by Crippen LogP contribution is -2.41. The SMILES string of the molecule is CNC(=O)c1cc(C(=O)N[C@H]2C[C@@H]2C)n(C(C)c2cccc(OCCO[Si](C)(C)C(C)(C)C)c2)n1. The molecular weight excluding hydrogens is 460 g/mol. The minimum absolute atomic E-state index is 0.154. The van der Waals surface area contributed by atoms with Gasteiger partial charge in [0, 0.05) is 19.2 Å². The number of carbonyl (C=O) groups excluding carboxylic acids is 2. The zero-order valence-corrected chi connectivity index (χ0v) is 23.3.